The molecule has 2 aromatic heterocycles. The van der Waals surface area contributed by atoms with Crippen molar-refractivity contribution < 1.29 is 4.42 Å². The van der Waals surface area contributed by atoms with Gasteiger partial charge in [0.05, 0.1) is 0 Å². The molecule has 68 valence electrons. The molecule has 2 aromatic rings. The van der Waals surface area contributed by atoms with Crippen LogP contribution in [0, 0.1) is 0 Å². The van der Waals surface area contributed by atoms with Crippen molar-refractivity contribution in [2.45, 2.75) is 0 Å². The van der Waals surface area contributed by atoms with E-state index >= 15 is 0 Å². The lowest BCUT2D eigenvalue weighted by atomic mass is 10.3. The number of nitrogens with one attached hydrogen (secondary N) is 2. The Morgan fingerprint density at radius 1 is 1.31 bits per heavy atom. The van der Waals surface area contributed by atoms with Gasteiger partial charge in [-0.25, -0.2) is 0 Å². The van der Waals surface area contributed by atoms with E-state index in [1.165, 1.54) is 0 Å². The van der Waals surface area contributed by atoms with Crippen LogP contribution in [0.2, 0.25) is 0 Å². The summed E-state index contributed by atoms with van der Waals surface area (Å²) in [6, 6.07) is 3.74. The molecule has 0 aliphatic rings. The first-order valence-electron chi connectivity index (χ1n) is 4.10. The Balaban J connectivity index is 2.73. The van der Waals surface area contributed by atoms with Crippen molar-refractivity contribution in [2.75, 3.05) is 24.7 Å². The predicted octanol–water partition coefficient (Wildman–Crippen LogP) is 1.91. The highest BCUT2D eigenvalue weighted by Gasteiger charge is 2.11. The van der Waals surface area contributed by atoms with Crippen LogP contribution in [-0.4, -0.2) is 19.1 Å². The van der Waals surface area contributed by atoms with E-state index in [0.29, 0.717) is 0 Å². The largest absolute Gasteiger partial charge is 0.437 e. The Morgan fingerprint density at radius 2 is 2.15 bits per heavy atom. The summed E-state index contributed by atoms with van der Waals surface area (Å²) in [5.41, 5.74) is 2.55. The second-order valence-electron chi connectivity index (χ2n) is 2.66. The van der Waals surface area contributed by atoms with Crippen LogP contribution in [0.4, 0.5) is 11.6 Å². The number of hydrogen-bond acceptors (Lipinski definition) is 4. The molecule has 0 spiro atoms. The van der Waals surface area contributed by atoms with Crippen LogP contribution in [0.15, 0.2) is 22.7 Å². The maximum atomic E-state index is 5.50. The summed E-state index contributed by atoms with van der Waals surface area (Å²) in [5.74, 6) is 0.719. The van der Waals surface area contributed by atoms with Crippen LogP contribution in [0.3, 0.4) is 0 Å². The summed E-state index contributed by atoms with van der Waals surface area (Å²) in [7, 11) is 3.67. The Labute approximate surface area is 76.0 Å². The van der Waals surface area contributed by atoms with Crippen LogP contribution >= 0.6 is 0 Å². The van der Waals surface area contributed by atoms with E-state index in [0.717, 1.165) is 22.7 Å². The number of pyridine rings is 1. The van der Waals surface area contributed by atoms with Crippen LogP contribution < -0.4 is 10.6 Å². The average Bonchev–Trinajstić information content (AvgIpc) is 2.55. The van der Waals surface area contributed by atoms with E-state index in [-0.39, 0.29) is 0 Å². The minimum absolute atomic E-state index is 0.719. The second kappa shape index (κ2) is 2.97. The predicted molar refractivity (Wildman–Crippen MR) is 53.1 cm³/mol. The minimum Gasteiger partial charge on any atom is -0.437 e. The Morgan fingerprint density at radius 3 is 2.85 bits per heavy atom. The fraction of sp³-hybridized carbons (Fsp3) is 0.222. The third-order valence-electron chi connectivity index (χ3n) is 1.92. The van der Waals surface area contributed by atoms with Gasteiger partial charge in [-0.2, -0.15) is 0 Å². The van der Waals surface area contributed by atoms with Gasteiger partial charge in [0.1, 0.15) is 11.2 Å². The third kappa shape index (κ3) is 1.11. The smallest absolute Gasteiger partial charge is 0.219 e. The first kappa shape index (κ1) is 7.91. The van der Waals surface area contributed by atoms with Crippen molar-refractivity contribution in [1.82, 2.24) is 4.98 Å². The van der Waals surface area contributed by atoms with Crippen molar-refractivity contribution in [2.24, 2.45) is 0 Å². The zero-order chi connectivity index (χ0) is 9.26. The van der Waals surface area contributed by atoms with Crippen LogP contribution in [-0.2, 0) is 0 Å². The van der Waals surface area contributed by atoms with Crippen LogP contribution in [0.25, 0.3) is 11.1 Å². The van der Waals surface area contributed by atoms with Gasteiger partial charge in [-0.15, -0.1) is 0 Å². The molecule has 0 saturated carbocycles. The third-order valence-corrected chi connectivity index (χ3v) is 1.92. The van der Waals surface area contributed by atoms with E-state index in [1.54, 1.807) is 6.20 Å². The molecule has 2 rings (SSSR count). The van der Waals surface area contributed by atoms with Crippen molar-refractivity contribution in [1.29, 1.82) is 0 Å². The van der Waals surface area contributed by atoms with Crippen LogP contribution in [0.5, 0.6) is 0 Å². The first-order chi connectivity index (χ1) is 6.36. The van der Waals surface area contributed by atoms with Gasteiger partial charge in [0.25, 0.3) is 0 Å². The number of aromatic nitrogens is 1. The summed E-state index contributed by atoms with van der Waals surface area (Å²) < 4.78 is 5.50. The molecular weight excluding hydrogens is 166 g/mol. The van der Waals surface area contributed by atoms with Gasteiger partial charge < -0.3 is 15.1 Å². The van der Waals surface area contributed by atoms with E-state index in [4.69, 9.17) is 4.42 Å². The molecule has 0 saturated heterocycles. The van der Waals surface area contributed by atoms with Crippen LogP contribution in [0.1, 0.15) is 0 Å². The number of furan rings is 1. The van der Waals surface area contributed by atoms with Crippen molar-refractivity contribution in [3.8, 4) is 0 Å². The van der Waals surface area contributed by atoms with E-state index in [2.05, 4.69) is 15.6 Å². The van der Waals surface area contributed by atoms with E-state index in [9.17, 15) is 0 Å². The number of fused-ring (bicyclic) bond motifs is 1. The molecule has 2 N–H and O–H groups in total. The number of rotatable bonds is 2. The highest BCUT2D eigenvalue weighted by molar-refractivity contribution is 5.93. The highest BCUT2D eigenvalue weighted by atomic mass is 16.4. The number of nitrogens with zero attached hydrogens (tertiary/aromatic N) is 1. The van der Waals surface area contributed by atoms with Gasteiger partial charge in [-0.05, 0) is 12.1 Å². The highest BCUT2D eigenvalue weighted by Crippen LogP contribution is 2.32. The first-order valence-corrected chi connectivity index (χ1v) is 4.10. The SMILES string of the molecule is CNc1oc2cccnc2c1NC. The zero-order valence-corrected chi connectivity index (χ0v) is 7.59. The molecule has 0 aliphatic carbocycles. The van der Waals surface area contributed by atoms with Crippen molar-refractivity contribution in [3.05, 3.63) is 18.3 Å². The summed E-state index contributed by atoms with van der Waals surface area (Å²) in [6.45, 7) is 0. The summed E-state index contributed by atoms with van der Waals surface area (Å²) in [5, 5.41) is 6.02. The molecule has 2 heterocycles. The molecule has 13 heavy (non-hydrogen) atoms. The van der Waals surface area contributed by atoms with Gasteiger partial charge in [-0.3, -0.25) is 4.98 Å². The topological polar surface area (TPSA) is 50.1 Å². The Kier molecular flexibility index (Phi) is 1.81. The summed E-state index contributed by atoms with van der Waals surface area (Å²) >= 11 is 0. The fourth-order valence-corrected chi connectivity index (χ4v) is 1.34. The normalized spacial score (nSPS) is 10.3. The molecule has 4 heteroatoms. The quantitative estimate of drug-likeness (QED) is 0.735. The maximum Gasteiger partial charge on any atom is 0.219 e. The van der Waals surface area contributed by atoms with Gasteiger partial charge >= 0.3 is 0 Å². The molecule has 0 fully saturated rings. The molecule has 0 amide bonds. The van der Waals surface area contributed by atoms with Gasteiger partial charge in [0, 0.05) is 20.3 Å². The number of hydrogen-bond donors (Lipinski definition) is 2. The molecule has 0 aromatic carbocycles. The lowest BCUT2D eigenvalue weighted by Crippen LogP contribution is -1.93. The number of anilines is 2. The van der Waals surface area contributed by atoms with Gasteiger partial charge in [0.15, 0.2) is 5.58 Å². The van der Waals surface area contributed by atoms with E-state index in [1.807, 2.05) is 26.2 Å². The van der Waals surface area contributed by atoms with Gasteiger partial charge in [0.2, 0.25) is 5.88 Å². The summed E-state index contributed by atoms with van der Waals surface area (Å²) in [6.07, 6.45) is 1.75. The molecular formula is C9H11N3O. The molecule has 0 aliphatic heterocycles. The van der Waals surface area contributed by atoms with E-state index < -0.39 is 0 Å². The van der Waals surface area contributed by atoms with Crippen molar-refractivity contribution >= 4 is 22.7 Å². The fourth-order valence-electron chi connectivity index (χ4n) is 1.34. The average molecular weight is 177 g/mol. The zero-order valence-electron chi connectivity index (χ0n) is 7.59. The maximum absolute atomic E-state index is 5.50. The lowest BCUT2D eigenvalue weighted by molar-refractivity contribution is 0.632. The molecule has 0 radical (unpaired) electrons. The molecule has 0 bridgehead atoms. The minimum atomic E-state index is 0.719. The Hall–Kier alpha value is -1.71. The standard InChI is InChI=1S/C9H11N3O/c1-10-8-7-6(4-3-5-12-7)13-9(8)11-2/h3-5,10-11H,1-2H3. The van der Waals surface area contributed by atoms with Crippen molar-refractivity contribution in [3.63, 3.8) is 0 Å². The molecule has 0 atom stereocenters. The molecule has 0 unspecified atom stereocenters. The second-order valence-corrected chi connectivity index (χ2v) is 2.66. The van der Waals surface area contributed by atoms with Gasteiger partial charge in [-0.1, -0.05) is 0 Å². The molecule has 4 nitrogen and oxygen atoms in total. The lowest BCUT2D eigenvalue weighted by Gasteiger charge is -1.98. The monoisotopic (exact) mass is 177 g/mol. The Bertz CT molecular complexity index is 422. The summed E-state index contributed by atoms with van der Waals surface area (Å²) in [4.78, 5) is 4.22.